The third-order valence-electron chi connectivity index (χ3n) is 3.84. The van der Waals surface area contributed by atoms with Gasteiger partial charge >= 0.3 is 0 Å². The van der Waals surface area contributed by atoms with E-state index in [9.17, 15) is 14.4 Å². The van der Waals surface area contributed by atoms with E-state index >= 15 is 0 Å². The molecule has 7 nitrogen and oxygen atoms in total. The molecule has 2 aromatic rings. The van der Waals surface area contributed by atoms with Crippen molar-refractivity contribution in [1.82, 2.24) is 4.98 Å². The molecule has 1 aromatic carbocycles. The van der Waals surface area contributed by atoms with E-state index in [1.807, 2.05) is 35.7 Å². The summed E-state index contributed by atoms with van der Waals surface area (Å²) in [6.45, 7) is 0.362. The fourth-order valence-corrected chi connectivity index (χ4v) is 4.11. The number of amides is 3. The molecule has 3 N–H and O–H groups in total. The second-order valence-corrected chi connectivity index (χ2v) is 7.68. The lowest BCUT2D eigenvalue weighted by atomic mass is 10.1. The van der Waals surface area contributed by atoms with Crippen molar-refractivity contribution in [2.45, 2.75) is 12.2 Å². The Morgan fingerprint density at radius 3 is 2.85 bits per heavy atom. The highest BCUT2D eigenvalue weighted by atomic mass is 32.2. The van der Waals surface area contributed by atoms with Crippen LogP contribution < -0.4 is 16.0 Å². The number of benzene rings is 1. The van der Waals surface area contributed by atoms with Crippen LogP contribution in [-0.2, 0) is 20.1 Å². The molecule has 0 bridgehead atoms. The zero-order chi connectivity index (χ0) is 18.5. The maximum Gasteiger partial charge on any atom is 0.231 e. The molecule has 1 aromatic heterocycles. The normalized spacial score (nSPS) is 16.7. The van der Waals surface area contributed by atoms with Gasteiger partial charge in [0.25, 0.3) is 0 Å². The Hall–Kier alpha value is -2.39. The fraction of sp³-hybridized carbons (Fsp3) is 0.294. The van der Waals surface area contributed by atoms with Crippen LogP contribution in [0, 0.1) is 5.92 Å². The Morgan fingerprint density at radius 1 is 1.35 bits per heavy atom. The second-order valence-electron chi connectivity index (χ2n) is 5.83. The zero-order valence-electron chi connectivity index (χ0n) is 13.9. The number of hydrogen-bond donors (Lipinski definition) is 2. The zero-order valence-corrected chi connectivity index (χ0v) is 15.5. The minimum atomic E-state index is -0.403. The maximum atomic E-state index is 12.5. The summed E-state index contributed by atoms with van der Waals surface area (Å²) in [5.41, 5.74) is 6.68. The molecule has 0 radical (unpaired) electrons. The number of carbonyl (C=O) groups is 3. The van der Waals surface area contributed by atoms with Crippen molar-refractivity contribution < 1.29 is 14.4 Å². The van der Waals surface area contributed by atoms with E-state index in [1.165, 1.54) is 23.1 Å². The largest absolute Gasteiger partial charge is 0.369 e. The molecule has 1 saturated heterocycles. The van der Waals surface area contributed by atoms with Gasteiger partial charge < -0.3 is 16.0 Å². The third kappa shape index (κ3) is 4.61. The van der Waals surface area contributed by atoms with Gasteiger partial charge in [-0.15, -0.1) is 23.1 Å². The Balaban J connectivity index is 1.55. The topological polar surface area (TPSA) is 105 Å². The van der Waals surface area contributed by atoms with Crippen LogP contribution >= 0.6 is 23.1 Å². The SMILES string of the molecule is NC(=O)CSCc1csc(NC(=O)C2CC(=O)N(c3ccccc3)C2)n1. The molecule has 1 aliphatic heterocycles. The van der Waals surface area contributed by atoms with Gasteiger partial charge in [-0.1, -0.05) is 18.2 Å². The highest BCUT2D eigenvalue weighted by molar-refractivity contribution is 7.99. The van der Waals surface area contributed by atoms with Gasteiger partial charge in [-0.2, -0.15) is 0 Å². The molecule has 26 heavy (non-hydrogen) atoms. The summed E-state index contributed by atoms with van der Waals surface area (Å²) in [6, 6.07) is 9.33. The number of rotatable bonds is 7. The van der Waals surface area contributed by atoms with Gasteiger partial charge in [-0.25, -0.2) is 4.98 Å². The smallest absolute Gasteiger partial charge is 0.231 e. The van der Waals surface area contributed by atoms with E-state index in [4.69, 9.17) is 5.73 Å². The van der Waals surface area contributed by atoms with Crippen LogP contribution in [0.25, 0.3) is 0 Å². The summed E-state index contributed by atoms with van der Waals surface area (Å²) in [6.07, 6.45) is 0.188. The van der Waals surface area contributed by atoms with Crippen molar-refractivity contribution in [2.75, 3.05) is 22.5 Å². The molecule has 1 aliphatic rings. The number of carbonyl (C=O) groups excluding carboxylic acids is 3. The fourth-order valence-electron chi connectivity index (χ4n) is 2.64. The monoisotopic (exact) mass is 390 g/mol. The van der Waals surface area contributed by atoms with Gasteiger partial charge in [-0.05, 0) is 12.1 Å². The van der Waals surface area contributed by atoms with Crippen molar-refractivity contribution >= 4 is 51.6 Å². The van der Waals surface area contributed by atoms with Crippen LogP contribution in [0.15, 0.2) is 35.7 Å². The summed E-state index contributed by atoms with van der Waals surface area (Å²) in [4.78, 5) is 41.4. The number of thioether (sulfide) groups is 1. The van der Waals surface area contributed by atoms with E-state index in [1.54, 1.807) is 4.90 Å². The molecule has 3 rings (SSSR count). The first-order valence-corrected chi connectivity index (χ1v) is 10.0. The first kappa shape index (κ1) is 18.4. The Labute approximate surface area is 159 Å². The quantitative estimate of drug-likeness (QED) is 0.751. The Morgan fingerprint density at radius 2 is 2.12 bits per heavy atom. The molecular formula is C17H18N4O3S2. The molecule has 2 heterocycles. The number of hydrogen-bond acceptors (Lipinski definition) is 6. The van der Waals surface area contributed by atoms with Crippen molar-refractivity contribution in [3.05, 3.63) is 41.4 Å². The number of nitrogens with zero attached hydrogens (tertiary/aromatic N) is 2. The molecule has 1 fully saturated rings. The number of para-hydroxylation sites is 1. The van der Waals surface area contributed by atoms with E-state index in [0.29, 0.717) is 17.4 Å². The number of nitrogens with one attached hydrogen (secondary N) is 1. The number of aromatic nitrogens is 1. The predicted molar refractivity (Wildman–Crippen MR) is 103 cm³/mol. The minimum Gasteiger partial charge on any atom is -0.369 e. The average molecular weight is 390 g/mol. The van der Waals surface area contributed by atoms with Gasteiger partial charge in [-0.3, -0.25) is 14.4 Å². The number of anilines is 2. The molecule has 9 heteroatoms. The first-order valence-electron chi connectivity index (χ1n) is 7.99. The number of nitrogens with two attached hydrogens (primary N) is 1. The highest BCUT2D eigenvalue weighted by Gasteiger charge is 2.35. The Bertz CT molecular complexity index is 809. The number of thiazole rings is 1. The molecule has 0 aliphatic carbocycles. The van der Waals surface area contributed by atoms with Gasteiger partial charge in [0.15, 0.2) is 5.13 Å². The summed E-state index contributed by atoms with van der Waals surface area (Å²) < 4.78 is 0. The van der Waals surface area contributed by atoms with Crippen molar-refractivity contribution in [3.63, 3.8) is 0 Å². The third-order valence-corrected chi connectivity index (χ3v) is 5.63. The molecule has 136 valence electrons. The van der Waals surface area contributed by atoms with E-state index in [-0.39, 0.29) is 29.9 Å². The molecule has 1 unspecified atom stereocenters. The lowest BCUT2D eigenvalue weighted by molar-refractivity contribution is -0.122. The van der Waals surface area contributed by atoms with Gasteiger partial charge in [0, 0.05) is 29.8 Å². The predicted octanol–water partition coefficient (Wildman–Crippen LogP) is 1.85. The molecular weight excluding hydrogens is 372 g/mol. The summed E-state index contributed by atoms with van der Waals surface area (Å²) in [5, 5.41) is 5.11. The van der Waals surface area contributed by atoms with E-state index in [2.05, 4.69) is 10.3 Å². The average Bonchev–Trinajstić information content (AvgIpc) is 3.22. The Kier molecular flexibility index (Phi) is 5.89. The molecule has 0 saturated carbocycles. The molecule has 0 spiro atoms. The van der Waals surface area contributed by atoms with Crippen molar-refractivity contribution in [1.29, 1.82) is 0 Å². The van der Waals surface area contributed by atoms with E-state index < -0.39 is 5.92 Å². The van der Waals surface area contributed by atoms with Crippen LogP contribution in [0.1, 0.15) is 12.1 Å². The van der Waals surface area contributed by atoms with Gasteiger partial charge in [0.2, 0.25) is 17.7 Å². The second kappa shape index (κ2) is 8.33. The van der Waals surface area contributed by atoms with Crippen LogP contribution in [0.2, 0.25) is 0 Å². The highest BCUT2D eigenvalue weighted by Crippen LogP contribution is 2.26. The standard InChI is InChI=1S/C17H18N4O3S2/c18-14(22)10-25-8-12-9-26-17(19-12)20-16(24)11-6-15(23)21(7-11)13-4-2-1-3-5-13/h1-5,9,11H,6-8,10H2,(H2,18,22)(H,19,20,24). The molecule has 1 atom stereocenters. The van der Waals surface area contributed by atoms with Crippen molar-refractivity contribution in [2.24, 2.45) is 11.7 Å². The lowest BCUT2D eigenvalue weighted by Crippen LogP contribution is -2.28. The number of primary amides is 1. The van der Waals surface area contributed by atoms with Crippen LogP contribution in [0.4, 0.5) is 10.8 Å². The summed E-state index contributed by atoms with van der Waals surface area (Å²) in [5.74, 6) is -0.244. The van der Waals surface area contributed by atoms with E-state index in [0.717, 1.165) is 11.4 Å². The van der Waals surface area contributed by atoms with Gasteiger partial charge in [0.05, 0.1) is 17.4 Å². The lowest BCUT2D eigenvalue weighted by Gasteiger charge is -2.16. The maximum absolute atomic E-state index is 12.5. The van der Waals surface area contributed by atoms with Crippen LogP contribution in [0.5, 0.6) is 0 Å². The van der Waals surface area contributed by atoms with Gasteiger partial charge in [0.1, 0.15) is 0 Å². The minimum absolute atomic E-state index is 0.0565. The van der Waals surface area contributed by atoms with Crippen LogP contribution in [0.3, 0.4) is 0 Å². The molecule has 3 amide bonds. The van der Waals surface area contributed by atoms with Crippen molar-refractivity contribution in [3.8, 4) is 0 Å². The summed E-state index contributed by atoms with van der Waals surface area (Å²) in [7, 11) is 0. The van der Waals surface area contributed by atoms with Crippen LogP contribution in [-0.4, -0.2) is 35.0 Å². The summed E-state index contributed by atoms with van der Waals surface area (Å²) >= 11 is 2.70. The first-order chi connectivity index (χ1) is 12.5.